The minimum absolute atomic E-state index is 0.0226. The summed E-state index contributed by atoms with van der Waals surface area (Å²) in [4.78, 5) is 31.8. The first-order chi connectivity index (χ1) is 16.9. The highest BCUT2D eigenvalue weighted by Crippen LogP contribution is 2.20. The number of nitrogens with zero attached hydrogens (tertiary/aromatic N) is 5. The van der Waals surface area contributed by atoms with Crippen LogP contribution in [-0.4, -0.2) is 70.6 Å². The smallest absolute Gasteiger partial charge is 0.254 e. The average Bonchev–Trinajstić information content (AvgIpc) is 3.14. The number of carbonyl (C=O) groups excluding carboxylic acids is 2. The van der Waals surface area contributed by atoms with E-state index < -0.39 is 0 Å². The Bertz CT molecular complexity index is 1130. The van der Waals surface area contributed by atoms with E-state index in [9.17, 15) is 9.59 Å². The molecule has 1 fully saturated rings. The molecule has 7 heteroatoms. The molecule has 1 aliphatic rings. The first-order valence-electron chi connectivity index (χ1n) is 12.2. The Morgan fingerprint density at radius 2 is 1.63 bits per heavy atom. The Morgan fingerprint density at radius 1 is 0.886 bits per heavy atom. The molecule has 2 aromatic carbocycles. The summed E-state index contributed by atoms with van der Waals surface area (Å²) >= 11 is 0. The van der Waals surface area contributed by atoms with E-state index in [1.165, 1.54) is 5.56 Å². The summed E-state index contributed by atoms with van der Waals surface area (Å²) in [5.41, 5.74) is 3.70. The molecule has 182 valence electrons. The first-order valence-corrected chi connectivity index (χ1v) is 12.2. The summed E-state index contributed by atoms with van der Waals surface area (Å²) in [6.45, 7) is 8.76. The molecular formula is C28H33N5O2. The number of hydrogen-bond acceptors (Lipinski definition) is 5. The third-order valence-electron chi connectivity index (χ3n) is 6.38. The summed E-state index contributed by atoms with van der Waals surface area (Å²) in [7, 11) is 0. The Hall–Kier alpha value is -3.74. The van der Waals surface area contributed by atoms with Crippen molar-refractivity contribution in [2.45, 2.75) is 33.2 Å². The molecule has 0 bridgehead atoms. The topological polar surface area (TPSA) is 69.6 Å². The fraction of sp³-hybridized carbons (Fsp3) is 0.357. The monoisotopic (exact) mass is 471 g/mol. The number of aromatic nitrogens is 2. The summed E-state index contributed by atoms with van der Waals surface area (Å²) in [5.74, 6) is 0.679. The molecule has 7 nitrogen and oxygen atoms in total. The molecule has 2 amide bonds. The van der Waals surface area contributed by atoms with Crippen molar-refractivity contribution in [2.24, 2.45) is 0 Å². The van der Waals surface area contributed by atoms with Crippen LogP contribution in [0.15, 0.2) is 66.7 Å². The van der Waals surface area contributed by atoms with Crippen LogP contribution in [0.3, 0.4) is 0 Å². The van der Waals surface area contributed by atoms with Crippen LogP contribution in [0.25, 0.3) is 11.3 Å². The van der Waals surface area contributed by atoms with E-state index >= 15 is 0 Å². The number of hydrogen-bond donors (Lipinski definition) is 0. The fourth-order valence-electron chi connectivity index (χ4n) is 4.25. The van der Waals surface area contributed by atoms with Gasteiger partial charge in [-0.15, -0.1) is 10.2 Å². The molecule has 0 aliphatic carbocycles. The van der Waals surface area contributed by atoms with Crippen LogP contribution < -0.4 is 4.90 Å². The zero-order valence-corrected chi connectivity index (χ0v) is 20.7. The first kappa shape index (κ1) is 24.4. The van der Waals surface area contributed by atoms with Gasteiger partial charge in [0.05, 0.1) is 5.69 Å². The van der Waals surface area contributed by atoms with E-state index in [1.54, 1.807) is 17.0 Å². The number of carbonyl (C=O) groups is 2. The maximum atomic E-state index is 13.2. The van der Waals surface area contributed by atoms with Gasteiger partial charge in [-0.25, -0.2) is 0 Å². The molecule has 1 aromatic heterocycles. The predicted octanol–water partition coefficient (Wildman–Crippen LogP) is 4.04. The van der Waals surface area contributed by atoms with Gasteiger partial charge in [0.15, 0.2) is 5.82 Å². The van der Waals surface area contributed by atoms with Gasteiger partial charge < -0.3 is 14.7 Å². The Balaban J connectivity index is 1.37. The lowest BCUT2D eigenvalue weighted by atomic mass is 10.1. The average molecular weight is 472 g/mol. The van der Waals surface area contributed by atoms with Gasteiger partial charge in [-0.1, -0.05) is 48.0 Å². The lowest BCUT2D eigenvalue weighted by Crippen LogP contribution is -2.46. The predicted molar refractivity (Wildman–Crippen MR) is 138 cm³/mol. The highest BCUT2D eigenvalue weighted by atomic mass is 16.2. The summed E-state index contributed by atoms with van der Waals surface area (Å²) in [6.07, 6.45) is 0.835. The summed E-state index contributed by atoms with van der Waals surface area (Å²) in [6, 6.07) is 21.3. The molecule has 1 aliphatic heterocycles. The van der Waals surface area contributed by atoms with Gasteiger partial charge in [0.1, 0.15) is 6.54 Å². The molecule has 0 unspecified atom stereocenters. The van der Waals surface area contributed by atoms with Gasteiger partial charge in [-0.2, -0.15) is 0 Å². The Kier molecular flexibility index (Phi) is 7.75. The quantitative estimate of drug-likeness (QED) is 0.543. The Labute approximate surface area is 207 Å². The van der Waals surface area contributed by atoms with Crippen LogP contribution in [0.1, 0.15) is 36.2 Å². The van der Waals surface area contributed by atoms with Crippen LogP contribution >= 0.6 is 0 Å². The molecule has 0 N–H and O–H groups in total. The number of anilines is 1. The molecule has 35 heavy (non-hydrogen) atoms. The third kappa shape index (κ3) is 6.04. The minimum atomic E-state index is -0.116. The fourth-order valence-corrected chi connectivity index (χ4v) is 4.25. The van der Waals surface area contributed by atoms with Crippen LogP contribution in [0.4, 0.5) is 5.82 Å². The van der Waals surface area contributed by atoms with E-state index in [0.717, 1.165) is 30.0 Å². The molecule has 0 atom stereocenters. The van der Waals surface area contributed by atoms with Crippen molar-refractivity contribution < 1.29 is 9.59 Å². The zero-order chi connectivity index (χ0) is 24.8. The summed E-state index contributed by atoms with van der Waals surface area (Å²) in [5, 5.41) is 8.89. The second-order valence-electron chi connectivity index (χ2n) is 9.26. The number of rotatable bonds is 6. The van der Waals surface area contributed by atoms with E-state index in [0.29, 0.717) is 25.2 Å². The van der Waals surface area contributed by atoms with Gasteiger partial charge in [-0.3, -0.25) is 9.59 Å². The molecule has 0 saturated carbocycles. The normalized spacial score (nSPS) is 14.1. The van der Waals surface area contributed by atoms with Crippen molar-refractivity contribution in [1.29, 1.82) is 0 Å². The number of amides is 2. The minimum Gasteiger partial charge on any atom is -0.353 e. The third-order valence-corrected chi connectivity index (χ3v) is 6.38. The van der Waals surface area contributed by atoms with Crippen molar-refractivity contribution in [3.63, 3.8) is 0 Å². The van der Waals surface area contributed by atoms with Gasteiger partial charge in [0, 0.05) is 43.3 Å². The maximum Gasteiger partial charge on any atom is 0.254 e. The molecular weight excluding hydrogens is 438 g/mol. The Morgan fingerprint density at radius 3 is 2.29 bits per heavy atom. The standard InChI is InChI=1S/C28H33N5O2/c1-21(2)33(28(35)24-8-5-4-6-9-24)20-27(34)32-17-7-16-31(18-19-32)26-15-14-25(29-30-26)23-12-10-22(3)11-13-23/h4-6,8-15,21H,7,16-20H2,1-3H3. The second-order valence-corrected chi connectivity index (χ2v) is 9.26. The maximum absolute atomic E-state index is 13.2. The van der Waals surface area contributed by atoms with Crippen molar-refractivity contribution in [3.05, 3.63) is 77.9 Å². The van der Waals surface area contributed by atoms with Gasteiger partial charge >= 0.3 is 0 Å². The second kappa shape index (κ2) is 11.1. The van der Waals surface area contributed by atoms with Crippen LogP contribution in [0, 0.1) is 6.92 Å². The SMILES string of the molecule is Cc1ccc(-c2ccc(N3CCCN(C(=O)CN(C(=O)c4ccccc4)C(C)C)CC3)nn2)cc1. The van der Waals surface area contributed by atoms with Crippen LogP contribution in [0.2, 0.25) is 0 Å². The van der Waals surface area contributed by atoms with E-state index in [-0.39, 0.29) is 24.4 Å². The zero-order valence-electron chi connectivity index (χ0n) is 20.7. The molecule has 3 aromatic rings. The van der Waals surface area contributed by atoms with Gasteiger partial charge in [-0.05, 0) is 51.5 Å². The van der Waals surface area contributed by atoms with Crippen molar-refractivity contribution in [1.82, 2.24) is 20.0 Å². The molecule has 2 heterocycles. The van der Waals surface area contributed by atoms with Crippen molar-refractivity contribution in [3.8, 4) is 11.3 Å². The largest absolute Gasteiger partial charge is 0.353 e. The highest BCUT2D eigenvalue weighted by Gasteiger charge is 2.26. The lowest BCUT2D eigenvalue weighted by molar-refractivity contribution is -0.132. The molecule has 0 spiro atoms. The number of aryl methyl sites for hydroxylation is 1. The van der Waals surface area contributed by atoms with E-state index in [1.807, 2.05) is 49.1 Å². The molecule has 0 radical (unpaired) electrons. The van der Waals surface area contributed by atoms with Crippen molar-refractivity contribution >= 4 is 17.6 Å². The van der Waals surface area contributed by atoms with Crippen LogP contribution in [-0.2, 0) is 4.79 Å². The van der Waals surface area contributed by atoms with E-state index in [4.69, 9.17) is 0 Å². The van der Waals surface area contributed by atoms with Gasteiger partial charge in [0.25, 0.3) is 5.91 Å². The highest BCUT2D eigenvalue weighted by molar-refractivity contribution is 5.96. The van der Waals surface area contributed by atoms with E-state index in [2.05, 4.69) is 46.3 Å². The molecule has 1 saturated heterocycles. The van der Waals surface area contributed by atoms with Crippen LogP contribution in [0.5, 0.6) is 0 Å². The molecule has 4 rings (SSSR count). The summed E-state index contributed by atoms with van der Waals surface area (Å²) < 4.78 is 0. The van der Waals surface area contributed by atoms with Gasteiger partial charge in [0.2, 0.25) is 5.91 Å². The number of benzene rings is 2. The van der Waals surface area contributed by atoms with Crippen molar-refractivity contribution in [2.75, 3.05) is 37.6 Å². The lowest BCUT2D eigenvalue weighted by Gasteiger charge is -2.29.